The van der Waals surface area contributed by atoms with Gasteiger partial charge in [-0.25, -0.2) is 0 Å². The third-order valence-corrected chi connectivity index (χ3v) is 13.1. The summed E-state index contributed by atoms with van der Waals surface area (Å²) in [5, 5.41) is 3.73. The first-order chi connectivity index (χ1) is 30.5. The van der Waals surface area contributed by atoms with Gasteiger partial charge < -0.3 is 14.0 Å². The molecule has 294 valence electrons. The van der Waals surface area contributed by atoms with E-state index in [4.69, 9.17) is 0 Å². The van der Waals surface area contributed by atoms with Crippen molar-refractivity contribution in [3.8, 4) is 44.9 Å². The van der Waals surface area contributed by atoms with Gasteiger partial charge in [-0.15, -0.1) is 0 Å². The summed E-state index contributed by atoms with van der Waals surface area (Å²) in [7, 11) is 0. The summed E-state index contributed by atoms with van der Waals surface area (Å²) in [6.07, 6.45) is 0. The van der Waals surface area contributed by atoms with Gasteiger partial charge in [-0.1, -0.05) is 147 Å². The van der Waals surface area contributed by atoms with Crippen molar-refractivity contribution in [1.82, 2.24) is 9.13 Å². The summed E-state index contributed by atoms with van der Waals surface area (Å²) < 4.78 is 4.76. The van der Waals surface area contributed by atoms with Gasteiger partial charge in [0.1, 0.15) is 0 Å². The molecule has 62 heavy (non-hydrogen) atoms. The predicted octanol–water partition coefficient (Wildman–Crippen LogP) is 15.8. The first-order valence-corrected chi connectivity index (χ1v) is 21.5. The third-order valence-electron chi connectivity index (χ3n) is 13.1. The molecule has 1 aliphatic rings. The van der Waals surface area contributed by atoms with E-state index in [0.717, 1.165) is 22.7 Å². The number of rotatable bonds is 7. The van der Waals surface area contributed by atoms with Crippen molar-refractivity contribution < 1.29 is 0 Å². The van der Waals surface area contributed by atoms with Crippen molar-refractivity contribution >= 4 is 49.8 Å². The number of aromatic nitrogens is 2. The number of hydrogen-bond donors (Lipinski definition) is 0. The molecular weight excluding hydrogens is 751 g/mol. The van der Waals surface area contributed by atoms with Crippen LogP contribution in [-0.2, 0) is 5.41 Å². The highest BCUT2D eigenvalue weighted by atomic mass is 15.1. The van der Waals surface area contributed by atoms with Crippen LogP contribution in [0, 0.1) is 0 Å². The van der Waals surface area contributed by atoms with Crippen LogP contribution in [0.15, 0.2) is 224 Å². The van der Waals surface area contributed by atoms with Gasteiger partial charge in [-0.2, -0.15) is 0 Å². The Morgan fingerprint density at radius 3 is 1.73 bits per heavy atom. The van der Waals surface area contributed by atoms with Gasteiger partial charge in [0.05, 0.1) is 22.2 Å². The van der Waals surface area contributed by atoms with E-state index in [-0.39, 0.29) is 5.41 Å². The summed E-state index contributed by atoms with van der Waals surface area (Å²) in [6, 6.07) is 82.1. The summed E-state index contributed by atoms with van der Waals surface area (Å²) in [6.45, 7) is 4.71. The monoisotopic (exact) mass is 793 g/mol. The van der Waals surface area contributed by atoms with Crippen LogP contribution in [0.2, 0.25) is 0 Å². The molecule has 1 aliphatic carbocycles. The molecule has 0 aliphatic heterocycles. The Labute approximate surface area is 362 Å². The van der Waals surface area contributed by atoms with E-state index in [2.05, 4.69) is 252 Å². The van der Waals surface area contributed by atoms with E-state index in [1.165, 1.54) is 83.0 Å². The number of nitrogens with zero attached hydrogens (tertiary/aromatic N) is 3. The highest BCUT2D eigenvalue weighted by Crippen LogP contribution is 2.51. The lowest BCUT2D eigenvalue weighted by Crippen LogP contribution is -2.16. The van der Waals surface area contributed by atoms with Gasteiger partial charge >= 0.3 is 0 Å². The first-order valence-electron chi connectivity index (χ1n) is 21.5. The summed E-state index contributed by atoms with van der Waals surface area (Å²) in [5.74, 6) is 0. The Morgan fingerprint density at radius 1 is 0.355 bits per heavy atom. The molecule has 0 amide bonds. The second-order valence-electron chi connectivity index (χ2n) is 17.0. The Morgan fingerprint density at radius 2 is 0.935 bits per heavy atom. The molecule has 3 nitrogen and oxygen atoms in total. The molecule has 0 atom stereocenters. The quantitative estimate of drug-likeness (QED) is 0.157. The molecule has 0 bridgehead atoms. The van der Waals surface area contributed by atoms with Gasteiger partial charge in [-0.3, -0.25) is 0 Å². The highest BCUT2D eigenvalue weighted by molar-refractivity contribution is 6.10. The molecule has 0 saturated heterocycles. The number of hydrogen-bond acceptors (Lipinski definition) is 1. The fourth-order valence-corrected chi connectivity index (χ4v) is 10.1. The van der Waals surface area contributed by atoms with Gasteiger partial charge in [0.15, 0.2) is 0 Å². The third kappa shape index (κ3) is 5.66. The molecule has 0 fully saturated rings. The second-order valence-corrected chi connectivity index (χ2v) is 17.0. The zero-order valence-electron chi connectivity index (χ0n) is 34.7. The topological polar surface area (TPSA) is 13.1 Å². The van der Waals surface area contributed by atoms with Crippen molar-refractivity contribution in [2.75, 3.05) is 4.90 Å². The van der Waals surface area contributed by atoms with Crippen LogP contribution in [0.5, 0.6) is 0 Å². The number of fused-ring (bicyclic) bond motifs is 7. The van der Waals surface area contributed by atoms with Gasteiger partial charge in [0.25, 0.3) is 0 Å². The lowest BCUT2D eigenvalue weighted by molar-refractivity contribution is 0.660. The maximum Gasteiger partial charge on any atom is 0.0541 e. The minimum Gasteiger partial charge on any atom is -0.310 e. The molecule has 12 rings (SSSR count). The molecule has 0 saturated carbocycles. The molecular formula is C59H43N3. The average Bonchev–Trinajstić information content (AvgIpc) is 3.96. The van der Waals surface area contributed by atoms with Gasteiger partial charge in [0.2, 0.25) is 0 Å². The number of para-hydroxylation sites is 3. The molecule has 0 unspecified atom stereocenters. The fraction of sp³-hybridized carbons (Fsp3) is 0.0508. The van der Waals surface area contributed by atoms with Crippen molar-refractivity contribution in [2.24, 2.45) is 0 Å². The van der Waals surface area contributed by atoms with E-state index < -0.39 is 0 Å². The molecule has 11 aromatic rings. The normalized spacial score (nSPS) is 12.8. The Bertz CT molecular complexity index is 3460. The zero-order valence-corrected chi connectivity index (χ0v) is 34.7. The van der Waals surface area contributed by atoms with Crippen LogP contribution in [-0.4, -0.2) is 9.13 Å². The average molecular weight is 794 g/mol. The standard InChI is InChI=1S/C59H43N3/c1-59(2)53-22-12-10-20-49(53)50-35-34-48(39-54(50)59)60(46-30-32-47(33-31-46)61-55-23-13-9-17-43(55)38-58(61)41-15-5-3-6-16-41)45-28-25-40(26-29-45)42-27-36-57-52(37-42)51-21-11-14-24-56(51)62(57)44-18-7-4-8-19-44/h3-39H,1-2H3. The van der Waals surface area contributed by atoms with Crippen LogP contribution in [0.3, 0.4) is 0 Å². The van der Waals surface area contributed by atoms with E-state index in [1.807, 2.05) is 0 Å². The Kier molecular flexibility index (Phi) is 8.20. The Balaban J connectivity index is 0.972. The van der Waals surface area contributed by atoms with E-state index >= 15 is 0 Å². The first kappa shape index (κ1) is 36.0. The van der Waals surface area contributed by atoms with Crippen LogP contribution >= 0.6 is 0 Å². The summed E-state index contributed by atoms with van der Waals surface area (Å²) in [5.41, 5.74) is 19.2. The van der Waals surface area contributed by atoms with Crippen LogP contribution in [0.1, 0.15) is 25.0 Å². The molecule has 0 N–H and O–H groups in total. The molecule has 3 heteroatoms. The maximum absolute atomic E-state index is 2.42. The smallest absolute Gasteiger partial charge is 0.0541 e. The molecule has 0 radical (unpaired) electrons. The van der Waals surface area contributed by atoms with Crippen molar-refractivity contribution in [2.45, 2.75) is 19.3 Å². The van der Waals surface area contributed by atoms with Crippen molar-refractivity contribution in [3.63, 3.8) is 0 Å². The summed E-state index contributed by atoms with van der Waals surface area (Å²) >= 11 is 0. The molecule has 2 aromatic heterocycles. The Hall–Kier alpha value is -7.88. The molecule has 2 heterocycles. The van der Waals surface area contributed by atoms with Crippen LogP contribution in [0.4, 0.5) is 17.1 Å². The number of benzene rings is 9. The minimum absolute atomic E-state index is 0.118. The fourth-order valence-electron chi connectivity index (χ4n) is 10.1. The molecule has 9 aromatic carbocycles. The predicted molar refractivity (Wildman–Crippen MR) is 261 cm³/mol. The van der Waals surface area contributed by atoms with Gasteiger partial charge in [0, 0.05) is 50.0 Å². The lowest BCUT2D eigenvalue weighted by Gasteiger charge is -2.28. The van der Waals surface area contributed by atoms with Crippen LogP contribution < -0.4 is 4.90 Å². The lowest BCUT2D eigenvalue weighted by atomic mass is 9.82. The summed E-state index contributed by atoms with van der Waals surface area (Å²) in [4.78, 5) is 2.41. The maximum atomic E-state index is 2.42. The molecule has 0 spiro atoms. The second kappa shape index (κ2) is 14.1. The SMILES string of the molecule is CC1(C)c2ccccc2-c2ccc(N(c3ccc(-c4ccc5c(c4)c4ccccc4n5-c4ccccc4)cc3)c3ccc(-n4c(-c5ccccc5)cc5ccccc54)cc3)cc21. The largest absolute Gasteiger partial charge is 0.310 e. The van der Waals surface area contributed by atoms with E-state index in [9.17, 15) is 0 Å². The van der Waals surface area contributed by atoms with Crippen molar-refractivity contribution in [1.29, 1.82) is 0 Å². The van der Waals surface area contributed by atoms with E-state index in [1.54, 1.807) is 0 Å². The van der Waals surface area contributed by atoms with E-state index in [0.29, 0.717) is 0 Å². The minimum atomic E-state index is -0.118. The van der Waals surface area contributed by atoms with Gasteiger partial charge in [-0.05, 0) is 130 Å². The highest BCUT2D eigenvalue weighted by Gasteiger charge is 2.35. The van der Waals surface area contributed by atoms with Crippen molar-refractivity contribution in [3.05, 3.63) is 236 Å². The number of anilines is 3. The van der Waals surface area contributed by atoms with Crippen LogP contribution in [0.25, 0.3) is 77.6 Å². The zero-order chi connectivity index (χ0) is 41.4.